The Balaban J connectivity index is 0.863. The maximum Gasteiger partial charge on any atom is 0.0731 e. The minimum absolute atomic E-state index is 0.501. The lowest BCUT2D eigenvalue weighted by Gasteiger charge is -2.32. The summed E-state index contributed by atoms with van der Waals surface area (Å²) < 4.78 is 2.38. The number of fused-ring (bicyclic) bond motifs is 15. The third kappa shape index (κ3) is 6.17. The average Bonchev–Trinajstić information content (AvgIpc) is 4.18. The predicted octanol–water partition coefficient (Wildman–Crippen LogP) is 18.8. The molecule has 340 valence electrons. The molecule has 12 aromatic carbocycles. The van der Waals surface area contributed by atoms with E-state index in [1.165, 1.54) is 110 Å². The summed E-state index contributed by atoms with van der Waals surface area (Å²) >= 11 is 0. The fourth-order valence-corrected chi connectivity index (χ4v) is 12.7. The van der Waals surface area contributed by atoms with Gasteiger partial charge in [-0.2, -0.15) is 0 Å². The first-order valence-electron chi connectivity index (χ1n) is 25.3. The van der Waals surface area contributed by atoms with Gasteiger partial charge in [0.15, 0.2) is 0 Å². The van der Waals surface area contributed by atoms with Crippen molar-refractivity contribution in [1.29, 1.82) is 0 Å². The molecule has 2 aliphatic rings. The van der Waals surface area contributed by atoms with Gasteiger partial charge in [0.05, 0.1) is 16.4 Å². The molecule has 73 heavy (non-hydrogen) atoms. The summed E-state index contributed by atoms with van der Waals surface area (Å²) in [7, 11) is 0. The van der Waals surface area contributed by atoms with Gasteiger partial charge in [0.2, 0.25) is 0 Å². The molecule has 1 unspecified atom stereocenters. The van der Waals surface area contributed by atoms with E-state index >= 15 is 0 Å². The average molecular weight is 927 g/mol. The maximum atomic E-state index is 2.42. The van der Waals surface area contributed by atoms with Gasteiger partial charge in [-0.1, -0.05) is 218 Å². The van der Waals surface area contributed by atoms with Gasteiger partial charge < -0.3 is 9.47 Å². The number of nitrogens with zero attached hydrogens (tertiary/aromatic N) is 2. The molecule has 0 bridgehead atoms. The standard InChI is InChI=1S/C71H46N2/c1-2-16-47(17-3-1)48-32-39-53(40-33-48)72(54-41-34-49(35-42-54)50-36-43-55(44-37-50)73-67-30-12-8-23-60(67)61-24-9-13-31-68(61)73)56-20-14-19-52(46-56)58-26-15-27-62-59-22-6-10-28-64(59)71(70(58)62)65-29-11-7-25-63(65)69-57-21-5-4-18-51(57)38-45-66(69)71/h1-46H. The first-order chi connectivity index (χ1) is 36.2. The first kappa shape index (κ1) is 41.3. The highest BCUT2D eigenvalue weighted by Gasteiger charge is 2.53. The van der Waals surface area contributed by atoms with Crippen molar-refractivity contribution in [3.8, 4) is 61.3 Å². The van der Waals surface area contributed by atoms with Crippen molar-refractivity contribution in [1.82, 2.24) is 4.57 Å². The van der Waals surface area contributed by atoms with Crippen LogP contribution >= 0.6 is 0 Å². The normalized spacial score (nSPS) is 14.1. The Hall–Kier alpha value is -9.50. The fourth-order valence-electron chi connectivity index (χ4n) is 12.7. The van der Waals surface area contributed by atoms with E-state index in [1.807, 2.05) is 0 Å². The number of rotatable bonds is 7. The predicted molar refractivity (Wildman–Crippen MR) is 306 cm³/mol. The van der Waals surface area contributed by atoms with Crippen LogP contribution in [0.15, 0.2) is 279 Å². The van der Waals surface area contributed by atoms with E-state index in [4.69, 9.17) is 0 Å². The molecule has 0 N–H and O–H groups in total. The van der Waals surface area contributed by atoms with Crippen molar-refractivity contribution >= 4 is 49.6 Å². The van der Waals surface area contributed by atoms with Crippen molar-refractivity contribution < 1.29 is 0 Å². The minimum Gasteiger partial charge on any atom is -0.310 e. The molecule has 1 atom stereocenters. The lowest BCUT2D eigenvalue weighted by Crippen LogP contribution is -2.26. The van der Waals surface area contributed by atoms with Crippen LogP contribution in [0.4, 0.5) is 17.1 Å². The molecular formula is C71H46N2. The van der Waals surface area contributed by atoms with Gasteiger partial charge in [-0.3, -0.25) is 0 Å². The summed E-state index contributed by atoms with van der Waals surface area (Å²) in [4.78, 5) is 2.41. The summed E-state index contributed by atoms with van der Waals surface area (Å²) in [6, 6.07) is 103. The third-order valence-corrected chi connectivity index (χ3v) is 15.8. The largest absolute Gasteiger partial charge is 0.310 e. The minimum atomic E-state index is -0.501. The molecule has 13 aromatic rings. The van der Waals surface area contributed by atoms with Crippen LogP contribution in [-0.4, -0.2) is 4.57 Å². The van der Waals surface area contributed by atoms with Gasteiger partial charge in [-0.25, -0.2) is 0 Å². The van der Waals surface area contributed by atoms with Crippen LogP contribution in [0, 0.1) is 0 Å². The summed E-state index contributed by atoms with van der Waals surface area (Å²) in [5.41, 5.74) is 24.1. The molecule has 0 saturated heterocycles. The van der Waals surface area contributed by atoms with Crippen molar-refractivity contribution in [3.63, 3.8) is 0 Å². The van der Waals surface area contributed by atoms with Crippen molar-refractivity contribution in [2.75, 3.05) is 4.90 Å². The summed E-state index contributed by atoms with van der Waals surface area (Å²) in [6.45, 7) is 0. The van der Waals surface area contributed by atoms with E-state index in [1.54, 1.807) is 0 Å². The Morgan fingerprint density at radius 2 is 0.781 bits per heavy atom. The van der Waals surface area contributed by atoms with Gasteiger partial charge >= 0.3 is 0 Å². The monoisotopic (exact) mass is 926 g/mol. The summed E-state index contributed by atoms with van der Waals surface area (Å²) in [6.07, 6.45) is 0. The molecule has 1 aromatic heterocycles. The van der Waals surface area contributed by atoms with Crippen LogP contribution in [0.5, 0.6) is 0 Å². The summed E-state index contributed by atoms with van der Waals surface area (Å²) in [5.74, 6) is 0. The summed E-state index contributed by atoms with van der Waals surface area (Å²) in [5, 5.41) is 5.10. The van der Waals surface area contributed by atoms with E-state index in [0.29, 0.717) is 0 Å². The second kappa shape index (κ2) is 16.3. The molecule has 15 rings (SSSR count). The topological polar surface area (TPSA) is 8.17 Å². The molecule has 2 aliphatic carbocycles. The third-order valence-electron chi connectivity index (χ3n) is 15.8. The molecule has 0 aliphatic heterocycles. The molecule has 0 saturated carbocycles. The van der Waals surface area contributed by atoms with Gasteiger partial charge in [0.25, 0.3) is 0 Å². The van der Waals surface area contributed by atoms with Crippen molar-refractivity contribution in [2.45, 2.75) is 5.41 Å². The Morgan fingerprint density at radius 3 is 1.47 bits per heavy atom. The fraction of sp³-hybridized carbons (Fsp3) is 0.0141. The Bertz CT molecular complexity index is 4240. The first-order valence-corrected chi connectivity index (χ1v) is 25.3. The zero-order valence-corrected chi connectivity index (χ0v) is 40.0. The van der Waals surface area contributed by atoms with Crippen molar-refractivity contribution in [3.05, 3.63) is 301 Å². The van der Waals surface area contributed by atoms with E-state index in [2.05, 4.69) is 289 Å². The number of benzene rings is 12. The van der Waals surface area contributed by atoms with Crippen molar-refractivity contribution in [2.24, 2.45) is 0 Å². The SMILES string of the molecule is c1ccc(-c2ccc(N(c3ccc(-c4ccc(-n5c6ccccc6c6ccccc65)cc4)cc3)c3cccc(-c4cccc5c4C4(c6ccccc6-5)c5ccccc5-c5c4ccc4ccccc54)c3)cc2)cc1. The van der Waals surface area contributed by atoms with E-state index in [0.717, 1.165) is 22.7 Å². The number of aromatic nitrogens is 1. The van der Waals surface area contributed by atoms with Gasteiger partial charge in [0.1, 0.15) is 0 Å². The smallest absolute Gasteiger partial charge is 0.0731 e. The van der Waals surface area contributed by atoms with Crippen LogP contribution in [0.25, 0.3) is 93.9 Å². The molecule has 0 fully saturated rings. The molecule has 1 heterocycles. The zero-order valence-electron chi connectivity index (χ0n) is 40.0. The zero-order chi connectivity index (χ0) is 48.0. The molecular weight excluding hydrogens is 881 g/mol. The van der Waals surface area contributed by atoms with Crippen LogP contribution in [0.2, 0.25) is 0 Å². The Morgan fingerprint density at radius 1 is 0.288 bits per heavy atom. The second-order valence-electron chi connectivity index (χ2n) is 19.5. The number of hydrogen-bond acceptors (Lipinski definition) is 1. The lowest BCUT2D eigenvalue weighted by molar-refractivity contribution is 0.796. The van der Waals surface area contributed by atoms with Crippen LogP contribution in [0.1, 0.15) is 22.3 Å². The van der Waals surface area contributed by atoms with Crippen LogP contribution in [-0.2, 0) is 5.41 Å². The van der Waals surface area contributed by atoms with Gasteiger partial charge in [-0.05, 0) is 149 Å². The van der Waals surface area contributed by atoms with E-state index in [9.17, 15) is 0 Å². The Kier molecular flexibility index (Phi) is 9.21. The highest BCUT2D eigenvalue weighted by molar-refractivity contribution is 6.10. The molecule has 2 heteroatoms. The second-order valence-corrected chi connectivity index (χ2v) is 19.5. The highest BCUT2D eigenvalue weighted by atomic mass is 15.1. The Labute approximate surface area is 425 Å². The van der Waals surface area contributed by atoms with Crippen LogP contribution in [0.3, 0.4) is 0 Å². The number of para-hydroxylation sites is 2. The molecule has 1 spiro atoms. The maximum absolute atomic E-state index is 2.42. The molecule has 0 amide bonds. The highest BCUT2D eigenvalue weighted by Crippen LogP contribution is 2.65. The number of anilines is 3. The van der Waals surface area contributed by atoms with E-state index < -0.39 is 5.41 Å². The van der Waals surface area contributed by atoms with E-state index in [-0.39, 0.29) is 0 Å². The lowest BCUT2D eigenvalue weighted by atomic mass is 9.68. The van der Waals surface area contributed by atoms with Crippen LogP contribution < -0.4 is 4.90 Å². The number of hydrogen-bond donors (Lipinski definition) is 0. The quantitative estimate of drug-likeness (QED) is 0.155. The molecule has 0 radical (unpaired) electrons. The molecule has 2 nitrogen and oxygen atoms in total. The van der Waals surface area contributed by atoms with Gasteiger partial charge in [0, 0.05) is 33.5 Å². The van der Waals surface area contributed by atoms with Gasteiger partial charge in [-0.15, -0.1) is 0 Å².